The van der Waals surface area contributed by atoms with Crippen molar-refractivity contribution in [2.45, 2.75) is 39.3 Å². The maximum absolute atomic E-state index is 11.0. The normalized spacial score (nSPS) is 15.1. The topological polar surface area (TPSA) is 58.6 Å². The Labute approximate surface area is 79.3 Å². The highest BCUT2D eigenvalue weighted by molar-refractivity contribution is 5.69. The molecular formula is C9H19NO3. The molecule has 0 fully saturated rings. The fourth-order valence-corrected chi connectivity index (χ4v) is 0.914. The minimum absolute atomic E-state index is 0.0497. The highest BCUT2D eigenvalue weighted by atomic mass is 16.5. The number of hydrogen-bond donors (Lipinski definition) is 2. The van der Waals surface area contributed by atoms with Gasteiger partial charge in [0.25, 0.3) is 0 Å². The molecule has 2 N–H and O–H groups in total. The van der Waals surface area contributed by atoms with Gasteiger partial charge >= 0.3 is 5.97 Å². The smallest absolute Gasteiger partial charge is 0.307 e. The lowest BCUT2D eigenvalue weighted by atomic mass is 10.2. The van der Waals surface area contributed by atoms with Gasteiger partial charge in [-0.25, -0.2) is 0 Å². The third-order valence-electron chi connectivity index (χ3n) is 1.54. The molecule has 78 valence electrons. The second kappa shape index (κ2) is 6.86. The Bertz CT molecular complexity index is 148. The summed E-state index contributed by atoms with van der Waals surface area (Å²) >= 11 is 0. The number of ether oxygens (including phenoxy) is 1. The Morgan fingerprint density at radius 2 is 2.15 bits per heavy atom. The zero-order valence-corrected chi connectivity index (χ0v) is 8.54. The van der Waals surface area contributed by atoms with Crippen LogP contribution in [0.1, 0.15) is 27.2 Å². The summed E-state index contributed by atoms with van der Waals surface area (Å²) in [4.78, 5) is 11.0. The monoisotopic (exact) mass is 189 g/mol. The van der Waals surface area contributed by atoms with Crippen LogP contribution in [0.15, 0.2) is 0 Å². The van der Waals surface area contributed by atoms with E-state index in [1.807, 2.05) is 6.92 Å². The van der Waals surface area contributed by atoms with Crippen LogP contribution in [0.4, 0.5) is 0 Å². The van der Waals surface area contributed by atoms with Gasteiger partial charge in [-0.15, -0.1) is 0 Å². The molecule has 13 heavy (non-hydrogen) atoms. The van der Waals surface area contributed by atoms with Crippen LogP contribution in [-0.2, 0) is 9.53 Å². The molecule has 0 aliphatic heterocycles. The number of aliphatic hydroxyl groups is 1. The molecule has 0 saturated carbocycles. The van der Waals surface area contributed by atoms with Gasteiger partial charge < -0.3 is 15.2 Å². The van der Waals surface area contributed by atoms with Crippen molar-refractivity contribution in [1.82, 2.24) is 5.32 Å². The predicted molar refractivity (Wildman–Crippen MR) is 50.4 cm³/mol. The summed E-state index contributed by atoms with van der Waals surface area (Å²) in [7, 11) is 0. The van der Waals surface area contributed by atoms with Crippen molar-refractivity contribution >= 4 is 5.97 Å². The second-order valence-corrected chi connectivity index (χ2v) is 3.17. The maximum atomic E-state index is 11.0. The van der Waals surface area contributed by atoms with E-state index in [0.717, 1.165) is 0 Å². The number of esters is 1. The fourth-order valence-electron chi connectivity index (χ4n) is 0.914. The Kier molecular flexibility index (Phi) is 6.54. The van der Waals surface area contributed by atoms with Crippen molar-refractivity contribution in [2.24, 2.45) is 0 Å². The molecule has 0 aromatic rings. The summed E-state index contributed by atoms with van der Waals surface area (Å²) in [5.41, 5.74) is 0. The van der Waals surface area contributed by atoms with Crippen LogP contribution in [0.3, 0.4) is 0 Å². The van der Waals surface area contributed by atoms with Crippen molar-refractivity contribution < 1.29 is 14.6 Å². The largest absolute Gasteiger partial charge is 0.466 e. The van der Waals surface area contributed by atoms with Gasteiger partial charge in [0, 0.05) is 12.6 Å². The van der Waals surface area contributed by atoms with Crippen LogP contribution in [0.2, 0.25) is 0 Å². The van der Waals surface area contributed by atoms with Crippen LogP contribution in [0.5, 0.6) is 0 Å². The molecule has 0 spiro atoms. The average molecular weight is 189 g/mol. The van der Waals surface area contributed by atoms with E-state index in [-0.39, 0.29) is 18.1 Å². The maximum Gasteiger partial charge on any atom is 0.307 e. The van der Waals surface area contributed by atoms with Gasteiger partial charge in [-0.1, -0.05) is 0 Å². The predicted octanol–water partition coefficient (Wildman–Crippen LogP) is 0.299. The van der Waals surface area contributed by atoms with E-state index in [9.17, 15) is 4.79 Å². The van der Waals surface area contributed by atoms with Crippen LogP contribution in [0.25, 0.3) is 0 Å². The lowest BCUT2D eigenvalue weighted by Gasteiger charge is -2.13. The molecule has 2 unspecified atom stereocenters. The quantitative estimate of drug-likeness (QED) is 0.590. The molecule has 0 amide bonds. The van der Waals surface area contributed by atoms with Crippen LogP contribution >= 0.6 is 0 Å². The highest BCUT2D eigenvalue weighted by Crippen LogP contribution is 1.94. The van der Waals surface area contributed by atoms with E-state index < -0.39 is 0 Å². The summed E-state index contributed by atoms with van der Waals surface area (Å²) in [5, 5.41) is 12.0. The number of rotatable bonds is 6. The molecule has 4 heteroatoms. The first-order chi connectivity index (χ1) is 6.06. The standard InChI is InChI=1S/C9H19NO3/c1-4-13-9(12)5-7(2)10-6-8(3)11/h7-8,10-11H,4-6H2,1-3H3. The van der Waals surface area contributed by atoms with Crippen LogP contribution in [0, 0.1) is 0 Å². The number of hydrogen-bond acceptors (Lipinski definition) is 4. The lowest BCUT2D eigenvalue weighted by Crippen LogP contribution is -2.34. The van der Waals surface area contributed by atoms with Crippen LogP contribution in [-0.4, -0.2) is 36.4 Å². The summed E-state index contributed by atoms with van der Waals surface area (Å²) in [6.07, 6.45) is -0.0368. The minimum atomic E-state index is -0.385. The Hall–Kier alpha value is -0.610. The number of carbonyl (C=O) groups excluding carboxylic acids is 1. The van der Waals surface area contributed by atoms with E-state index in [4.69, 9.17) is 9.84 Å². The minimum Gasteiger partial charge on any atom is -0.466 e. The van der Waals surface area contributed by atoms with Crippen molar-refractivity contribution in [3.05, 3.63) is 0 Å². The number of nitrogens with one attached hydrogen (secondary N) is 1. The Morgan fingerprint density at radius 3 is 2.62 bits per heavy atom. The van der Waals surface area contributed by atoms with Gasteiger partial charge in [0.15, 0.2) is 0 Å². The van der Waals surface area contributed by atoms with Gasteiger partial charge in [0.05, 0.1) is 19.1 Å². The Balaban J connectivity index is 3.49. The zero-order valence-electron chi connectivity index (χ0n) is 8.54. The average Bonchev–Trinajstić information content (AvgIpc) is 2.01. The SMILES string of the molecule is CCOC(=O)CC(C)NCC(C)O. The molecule has 0 heterocycles. The molecule has 0 saturated heterocycles. The van der Waals surface area contributed by atoms with Crippen molar-refractivity contribution in [3.63, 3.8) is 0 Å². The van der Waals surface area contributed by atoms with Gasteiger partial charge in [0.1, 0.15) is 0 Å². The van der Waals surface area contributed by atoms with Gasteiger partial charge in [-0.2, -0.15) is 0 Å². The Morgan fingerprint density at radius 1 is 1.54 bits per heavy atom. The molecule has 0 rings (SSSR count). The third kappa shape index (κ3) is 7.74. The summed E-state index contributed by atoms with van der Waals surface area (Å²) in [6, 6.07) is 0.0497. The fraction of sp³-hybridized carbons (Fsp3) is 0.889. The molecule has 0 aliphatic rings. The van der Waals surface area contributed by atoms with Crippen molar-refractivity contribution in [3.8, 4) is 0 Å². The van der Waals surface area contributed by atoms with E-state index in [1.54, 1.807) is 13.8 Å². The van der Waals surface area contributed by atoms with Crippen LogP contribution < -0.4 is 5.32 Å². The summed E-state index contributed by atoms with van der Waals surface area (Å²) < 4.78 is 4.78. The second-order valence-electron chi connectivity index (χ2n) is 3.17. The molecule has 0 aliphatic carbocycles. The molecule has 4 nitrogen and oxygen atoms in total. The highest BCUT2D eigenvalue weighted by Gasteiger charge is 2.09. The molecule has 2 atom stereocenters. The van der Waals surface area contributed by atoms with Crippen molar-refractivity contribution in [2.75, 3.05) is 13.2 Å². The number of carbonyl (C=O) groups is 1. The molecule has 0 bridgehead atoms. The van der Waals surface area contributed by atoms with Gasteiger partial charge in [-0.3, -0.25) is 4.79 Å². The first-order valence-electron chi connectivity index (χ1n) is 4.63. The van der Waals surface area contributed by atoms with Crippen molar-refractivity contribution in [1.29, 1.82) is 0 Å². The van der Waals surface area contributed by atoms with E-state index in [2.05, 4.69) is 5.32 Å². The van der Waals surface area contributed by atoms with E-state index in [1.165, 1.54) is 0 Å². The zero-order chi connectivity index (χ0) is 10.3. The first kappa shape index (κ1) is 12.4. The molecule has 0 aromatic heterocycles. The molecule has 0 radical (unpaired) electrons. The van der Waals surface area contributed by atoms with Gasteiger partial charge in [0.2, 0.25) is 0 Å². The summed E-state index contributed by atoms with van der Waals surface area (Å²) in [6.45, 7) is 6.29. The number of aliphatic hydroxyl groups excluding tert-OH is 1. The lowest BCUT2D eigenvalue weighted by molar-refractivity contribution is -0.143. The molecule has 0 aromatic carbocycles. The third-order valence-corrected chi connectivity index (χ3v) is 1.54. The van der Waals surface area contributed by atoms with E-state index in [0.29, 0.717) is 19.6 Å². The first-order valence-corrected chi connectivity index (χ1v) is 4.63. The summed E-state index contributed by atoms with van der Waals surface area (Å²) in [5.74, 6) is -0.201. The van der Waals surface area contributed by atoms with E-state index >= 15 is 0 Å². The van der Waals surface area contributed by atoms with Gasteiger partial charge in [-0.05, 0) is 20.8 Å². The molecular weight excluding hydrogens is 170 g/mol.